The molecule has 1 fully saturated rings. The lowest BCUT2D eigenvalue weighted by Crippen LogP contribution is -2.50. The van der Waals surface area contributed by atoms with Crippen molar-refractivity contribution in [3.05, 3.63) is 90.2 Å². The first-order valence-corrected chi connectivity index (χ1v) is 15.9. The third kappa shape index (κ3) is 5.98. The normalized spacial score (nSPS) is 14.1. The monoisotopic (exact) mass is 573 g/mol. The van der Waals surface area contributed by atoms with E-state index >= 15 is 0 Å². The van der Waals surface area contributed by atoms with Gasteiger partial charge in [0.05, 0.1) is 22.5 Å². The predicted molar refractivity (Wildman–Crippen MR) is 165 cm³/mol. The standard InChI is InChI=1S/C33H39N3O4S/c1-4-27(5-2)33(37)35-21-19-34(20-22-35)30-13-9-10-14-31(30)36(18-17-26-11-7-6-8-12-26)41(38,39)28-15-16-32-29(23-28)25(3)24-40-32/h6-16,23-24,27H,4-5,17-22H2,1-3H3. The van der Waals surface area contributed by atoms with Gasteiger partial charge in [0, 0.05) is 44.0 Å². The second kappa shape index (κ2) is 12.4. The van der Waals surface area contributed by atoms with Gasteiger partial charge in [-0.1, -0.05) is 56.3 Å². The molecule has 0 spiro atoms. The van der Waals surface area contributed by atoms with Crippen LogP contribution in [0.15, 0.2) is 88.4 Å². The van der Waals surface area contributed by atoms with Crippen LogP contribution in [0, 0.1) is 12.8 Å². The molecule has 7 nitrogen and oxygen atoms in total. The maximum absolute atomic E-state index is 14.4. The van der Waals surface area contributed by atoms with Crippen LogP contribution in [0.2, 0.25) is 0 Å². The number of carbonyl (C=O) groups is 1. The van der Waals surface area contributed by atoms with Gasteiger partial charge < -0.3 is 14.2 Å². The number of aryl methyl sites for hydroxylation is 1. The zero-order valence-electron chi connectivity index (χ0n) is 24.1. The largest absolute Gasteiger partial charge is 0.464 e. The van der Waals surface area contributed by atoms with Gasteiger partial charge >= 0.3 is 0 Å². The number of fused-ring (bicyclic) bond motifs is 1. The summed E-state index contributed by atoms with van der Waals surface area (Å²) in [4.78, 5) is 17.4. The molecule has 216 valence electrons. The van der Waals surface area contributed by atoms with Crippen molar-refractivity contribution in [3.8, 4) is 0 Å². The quantitative estimate of drug-likeness (QED) is 0.224. The van der Waals surface area contributed by atoms with Gasteiger partial charge in [-0.15, -0.1) is 0 Å². The molecule has 3 aromatic carbocycles. The second-order valence-corrected chi connectivity index (χ2v) is 12.6. The lowest BCUT2D eigenvalue weighted by atomic mass is 10.0. The summed E-state index contributed by atoms with van der Waals surface area (Å²) in [5, 5.41) is 0.792. The molecule has 1 aliphatic rings. The number of anilines is 2. The van der Waals surface area contributed by atoms with Gasteiger partial charge in [0.15, 0.2) is 0 Å². The molecule has 1 aliphatic heterocycles. The van der Waals surface area contributed by atoms with E-state index in [1.807, 2.05) is 66.4 Å². The van der Waals surface area contributed by atoms with Crippen LogP contribution in [0.5, 0.6) is 0 Å². The fraction of sp³-hybridized carbons (Fsp3) is 0.364. The van der Waals surface area contributed by atoms with E-state index in [2.05, 4.69) is 18.7 Å². The Morgan fingerprint density at radius 2 is 1.61 bits per heavy atom. The summed E-state index contributed by atoms with van der Waals surface area (Å²) < 4.78 is 35.9. The Morgan fingerprint density at radius 1 is 0.927 bits per heavy atom. The number of furan rings is 1. The minimum absolute atomic E-state index is 0.0589. The van der Waals surface area contributed by atoms with E-state index < -0.39 is 10.0 Å². The van der Waals surface area contributed by atoms with Crippen LogP contribution in [0.25, 0.3) is 11.0 Å². The van der Waals surface area contributed by atoms with Crippen LogP contribution >= 0.6 is 0 Å². The van der Waals surface area contributed by atoms with Gasteiger partial charge in [0.2, 0.25) is 5.91 Å². The molecular formula is C33H39N3O4S. The van der Waals surface area contributed by atoms with Gasteiger partial charge in [-0.2, -0.15) is 0 Å². The zero-order valence-corrected chi connectivity index (χ0v) is 24.9. The topological polar surface area (TPSA) is 74.1 Å². The molecule has 0 saturated carbocycles. The summed E-state index contributed by atoms with van der Waals surface area (Å²) in [5.41, 5.74) is 4.14. The molecular weight excluding hydrogens is 534 g/mol. The molecule has 1 amide bonds. The zero-order chi connectivity index (χ0) is 29.0. The van der Waals surface area contributed by atoms with Crippen LogP contribution in [0.1, 0.15) is 37.8 Å². The third-order valence-corrected chi connectivity index (χ3v) is 10.00. The first kappa shape index (κ1) is 28.7. The highest BCUT2D eigenvalue weighted by Gasteiger charge is 2.31. The van der Waals surface area contributed by atoms with E-state index in [1.165, 1.54) is 0 Å². The number of hydrogen-bond acceptors (Lipinski definition) is 5. The summed E-state index contributed by atoms with van der Waals surface area (Å²) in [6.07, 6.45) is 3.91. The van der Waals surface area contributed by atoms with Crippen molar-refractivity contribution in [2.24, 2.45) is 5.92 Å². The maximum Gasteiger partial charge on any atom is 0.264 e. The van der Waals surface area contributed by atoms with E-state index in [9.17, 15) is 13.2 Å². The van der Waals surface area contributed by atoms with Crippen LogP contribution in [-0.4, -0.2) is 51.9 Å². The van der Waals surface area contributed by atoms with Crippen molar-refractivity contribution in [2.75, 3.05) is 41.9 Å². The first-order chi connectivity index (χ1) is 19.8. The van der Waals surface area contributed by atoms with Gasteiger partial charge in [0.1, 0.15) is 5.58 Å². The van der Waals surface area contributed by atoms with Crippen molar-refractivity contribution in [1.82, 2.24) is 4.90 Å². The van der Waals surface area contributed by atoms with E-state index in [-0.39, 0.29) is 16.7 Å². The SMILES string of the molecule is CCC(CC)C(=O)N1CCN(c2ccccc2N(CCc2ccccc2)S(=O)(=O)c2ccc3occ(C)c3c2)CC1. The lowest BCUT2D eigenvalue weighted by Gasteiger charge is -2.39. The van der Waals surface area contributed by atoms with Crippen molar-refractivity contribution >= 4 is 38.3 Å². The molecule has 0 bridgehead atoms. The summed E-state index contributed by atoms with van der Waals surface area (Å²) in [6, 6.07) is 22.7. The summed E-state index contributed by atoms with van der Waals surface area (Å²) in [7, 11) is -3.91. The summed E-state index contributed by atoms with van der Waals surface area (Å²) in [5.74, 6) is 0.281. The number of carbonyl (C=O) groups excluding carboxylic acids is 1. The Hall–Kier alpha value is -3.78. The van der Waals surface area contributed by atoms with Crippen LogP contribution in [-0.2, 0) is 21.2 Å². The molecule has 1 saturated heterocycles. The lowest BCUT2D eigenvalue weighted by molar-refractivity contribution is -0.136. The van der Waals surface area contributed by atoms with Gasteiger partial charge in [-0.25, -0.2) is 8.42 Å². The maximum atomic E-state index is 14.4. The highest BCUT2D eigenvalue weighted by molar-refractivity contribution is 7.92. The number of hydrogen-bond donors (Lipinski definition) is 0. The van der Waals surface area contributed by atoms with Crippen LogP contribution in [0.3, 0.4) is 0 Å². The minimum atomic E-state index is -3.91. The van der Waals surface area contributed by atoms with Crippen molar-refractivity contribution < 1.29 is 17.6 Å². The van der Waals surface area contributed by atoms with E-state index in [4.69, 9.17) is 4.42 Å². The molecule has 2 heterocycles. The molecule has 41 heavy (non-hydrogen) atoms. The minimum Gasteiger partial charge on any atom is -0.464 e. The van der Waals surface area contributed by atoms with Gasteiger partial charge in [-0.05, 0) is 67.6 Å². The molecule has 0 N–H and O–H groups in total. The average Bonchev–Trinajstić information content (AvgIpc) is 3.38. The molecule has 0 unspecified atom stereocenters. The fourth-order valence-electron chi connectivity index (χ4n) is 5.67. The van der Waals surface area contributed by atoms with Gasteiger partial charge in [-0.3, -0.25) is 9.10 Å². The molecule has 1 aromatic heterocycles. The number of rotatable bonds is 10. The van der Waals surface area contributed by atoms with Crippen LogP contribution < -0.4 is 9.21 Å². The van der Waals surface area contributed by atoms with E-state index in [0.29, 0.717) is 50.4 Å². The second-order valence-electron chi connectivity index (χ2n) is 10.7. The Kier molecular flexibility index (Phi) is 8.68. The number of benzene rings is 3. The Morgan fingerprint density at radius 3 is 2.32 bits per heavy atom. The highest BCUT2D eigenvalue weighted by Crippen LogP contribution is 2.35. The first-order valence-electron chi connectivity index (χ1n) is 14.5. The summed E-state index contributed by atoms with van der Waals surface area (Å²) in [6.45, 7) is 8.87. The number of piperazine rings is 1. The predicted octanol–water partition coefficient (Wildman–Crippen LogP) is 6.26. The molecule has 5 rings (SSSR count). The number of nitrogens with zero attached hydrogens (tertiary/aromatic N) is 3. The van der Waals surface area contributed by atoms with Crippen molar-refractivity contribution in [1.29, 1.82) is 0 Å². The van der Waals surface area contributed by atoms with E-state index in [1.54, 1.807) is 28.8 Å². The number of para-hydroxylation sites is 2. The number of sulfonamides is 1. The average molecular weight is 574 g/mol. The molecule has 4 aromatic rings. The summed E-state index contributed by atoms with van der Waals surface area (Å²) >= 11 is 0. The van der Waals surface area contributed by atoms with E-state index in [0.717, 1.165) is 35.0 Å². The Balaban J connectivity index is 1.48. The third-order valence-electron chi connectivity index (χ3n) is 8.19. The highest BCUT2D eigenvalue weighted by atomic mass is 32.2. The van der Waals surface area contributed by atoms with Crippen molar-refractivity contribution in [2.45, 2.75) is 44.9 Å². The Labute approximate surface area is 243 Å². The molecule has 0 aliphatic carbocycles. The molecule has 0 radical (unpaired) electrons. The van der Waals surface area contributed by atoms with Crippen molar-refractivity contribution in [3.63, 3.8) is 0 Å². The molecule has 8 heteroatoms. The fourth-order valence-corrected chi connectivity index (χ4v) is 7.18. The van der Waals surface area contributed by atoms with Gasteiger partial charge in [0.25, 0.3) is 10.0 Å². The smallest absolute Gasteiger partial charge is 0.264 e. The Bertz CT molecular complexity index is 1590. The van der Waals surface area contributed by atoms with Crippen LogP contribution in [0.4, 0.5) is 11.4 Å². The number of amides is 1. The molecule has 0 atom stereocenters.